The molecule has 1 aliphatic rings. The third-order valence-electron chi connectivity index (χ3n) is 6.00. The van der Waals surface area contributed by atoms with Gasteiger partial charge in [0.2, 0.25) is 10.0 Å². The van der Waals surface area contributed by atoms with Crippen LogP contribution in [0.5, 0.6) is 5.75 Å². The van der Waals surface area contributed by atoms with E-state index in [0.717, 1.165) is 28.3 Å². The first kappa shape index (κ1) is 27.6. The lowest BCUT2D eigenvalue weighted by molar-refractivity contribution is 0.321. The largest absolute Gasteiger partial charge is 0.493 e. The number of aromatic nitrogens is 1. The summed E-state index contributed by atoms with van der Waals surface area (Å²) in [5.41, 5.74) is 1.12. The van der Waals surface area contributed by atoms with Crippen LogP contribution in [0, 0.1) is 0 Å². The van der Waals surface area contributed by atoms with Gasteiger partial charge in [0.25, 0.3) is 0 Å². The van der Waals surface area contributed by atoms with Gasteiger partial charge in [0, 0.05) is 35.3 Å². The molecule has 0 atom stereocenters. The number of hydrogen-bond donors (Lipinski definition) is 0. The Balaban J connectivity index is 1.86. The SMILES string of the molecule is C/C=C\C(SN(c1ncccc1OC)C1CCN(S(=O)(=O)c2ccc(CC)cc2)CC1)=C(\Cl)CC. The molecular formula is C26H34ClN3O3S2. The molecule has 9 heteroatoms. The lowest BCUT2D eigenvalue weighted by Gasteiger charge is -2.38. The molecule has 0 unspecified atom stereocenters. The van der Waals surface area contributed by atoms with E-state index in [1.165, 1.54) is 11.9 Å². The molecule has 190 valence electrons. The second-order valence-corrected chi connectivity index (χ2v) is 11.6. The molecule has 0 saturated carbocycles. The van der Waals surface area contributed by atoms with Gasteiger partial charge in [0.1, 0.15) is 0 Å². The number of aryl methyl sites for hydroxylation is 1. The fourth-order valence-corrected chi connectivity index (χ4v) is 6.83. The van der Waals surface area contributed by atoms with Gasteiger partial charge in [0.15, 0.2) is 11.6 Å². The van der Waals surface area contributed by atoms with Crippen molar-refractivity contribution in [3.8, 4) is 5.75 Å². The number of sulfonamides is 1. The van der Waals surface area contributed by atoms with E-state index in [4.69, 9.17) is 16.3 Å². The van der Waals surface area contributed by atoms with Crippen molar-refractivity contribution in [3.63, 3.8) is 0 Å². The number of allylic oxidation sites excluding steroid dienone is 3. The van der Waals surface area contributed by atoms with Gasteiger partial charge in [-0.2, -0.15) is 4.31 Å². The first-order valence-corrected chi connectivity index (χ1v) is 14.5. The van der Waals surface area contributed by atoms with Crippen LogP contribution in [0.3, 0.4) is 0 Å². The summed E-state index contributed by atoms with van der Waals surface area (Å²) < 4.78 is 35.9. The molecule has 1 fully saturated rings. The fraction of sp³-hybridized carbons (Fsp3) is 0.423. The number of benzene rings is 1. The van der Waals surface area contributed by atoms with Gasteiger partial charge in [-0.1, -0.05) is 43.7 Å². The van der Waals surface area contributed by atoms with Crippen molar-refractivity contribution in [2.45, 2.75) is 57.4 Å². The summed E-state index contributed by atoms with van der Waals surface area (Å²) in [5, 5.41) is 0.767. The molecule has 35 heavy (non-hydrogen) atoms. The molecule has 0 amide bonds. The van der Waals surface area contributed by atoms with Crippen molar-refractivity contribution in [3.05, 3.63) is 70.2 Å². The second kappa shape index (κ2) is 12.8. The number of rotatable bonds is 10. The topological polar surface area (TPSA) is 62.7 Å². The van der Waals surface area contributed by atoms with Crippen molar-refractivity contribution in [1.82, 2.24) is 9.29 Å². The Hall–Kier alpha value is -2.00. The highest BCUT2D eigenvalue weighted by Gasteiger charge is 2.34. The van der Waals surface area contributed by atoms with Crippen molar-refractivity contribution in [2.24, 2.45) is 0 Å². The average molecular weight is 536 g/mol. The Morgan fingerprint density at radius 2 is 1.91 bits per heavy atom. The Kier molecular flexibility index (Phi) is 10.1. The summed E-state index contributed by atoms with van der Waals surface area (Å²) in [6.45, 7) is 6.90. The van der Waals surface area contributed by atoms with Gasteiger partial charge >= 0.3 is 0 Å². The van der Waals surface area contributed by atoms with Gasteiger partial charge in [-0.3, -0.25) is 4.31 Å². The summed E-state index contributed by atoms with van der Waals surface area (Å²) in [4.78, 5) is 5.90. The Labute approximate surface area is 219 Å². The summed E-state index contributed by atoms with van der Waals surface area (Å²) in [5.74, 6) is 1.37. The molecule has 1 saturated heterocycles. The molecule has 2 aromatic rings. The number of pyridine rings is 1. The normalized spacial score (nSPS) is 16.4. The number of piperidine rings is 1. The average Bonchev–Trinajstić information content (AvgIpc) is 2.90. The summed E-state index contributed by atoms with van der Waals surface area (Å²) in [6.07, 6.45) is 8.62. The smallest absolute Gasteiger partial charge is 0.243 e. The van der Waals surface area contributed by atoms with Gasteiger partial charge in [-0.25, -0.2) is 13.4 Å². The molecule has 1 aliphatic heterocycles. The van der Waals surface area contributed by atoms with Crippen molar-refractivity contribution in [2.75, 3.05) is 24.5 Å². The van der Waals surface area contributed by atoms with E-state index in [2.05, 4.69) is 16.2 Å². The quantitative estimate of drug-likeness (QED) is 0.259. The first-order chi connectivity index (χ1) is 16.8. The summed E-state index contributed by atoms with van der Waals surface area (Å²) >= 11 is 8.10. The summed E-state index contributed by atoms with van der Waals surface area (Å²) in [6, 6.07) is 11.0. The maximum Gasteiger partial charge on any atom is 0.243 e. The predicted molar refractivity (Wildman–Crippen MR) is 146 cm³/mol. The number of halogens is 1. The number of methoxy groups -OCH3 is 1. The maximum absolute atomic E-state index is 13.3. The molecule has 0 bridgehead atoms. The number of hydrogen-bond acceptors (Lipinski definition) is 6. The molecule has 1 aromatic carbocycles. The first-order valence-electron chi connectivity index (χ1n) is 11.9. The predicted octanol–water partition coefficient (Wildman–Crippen LogP) is 6.40. The van der Waals surface area contributed by atoms with E-state index in [1.807, 2.05) is 50.3 Å². The lowest BCUT2D eigenvalue weighted by Crippen LogP contribution is -2.45. The van der Waals surface area contributed by atoms with Crippen molar-refractivity contribution in [1.29, 1.82) is 0 Å². The van der Waals surface area contributed by atoms with E-state index in [1.54, 1.807) is 29.7 Å². The highest BCUT2D eigenvalue weighted by molar-refractivity contribution is 8.04. The molecule has 0 spiro atoms. The lowest BCUT2D eigenvalue weighted by atomic mass is 10.1. The van der Waals surface area contributed by atoms with Crippen LogP contribution >= 0.6 is 23.5 Å². The number of ether oxygens (including phenoxy) is 1. The molecule has 1 aromatic heterocycles. The van der Waals surface area contributed by atoms with Crippen LogP contribution in [0.25, 0.3) is 0 Å². The van der Waals surface area contributed by atoms with Gasteiger partial charge in [-0.15, -0.1) is 0 Å². The third kappa shape index (κ3) is 6.61. The van der Waals surface area contributed by atoms with Gasteiger partial charge in [0.05, 0.1) is 12.0 Å². The second-order valence-electron chi connectivity index (χ2n) is 8.20. The van der Waals surface area contributed by atoms with Crippen LogP contribution < -0.4 is 9.04 Å². The molecule has 0 aliphatic carbocycles. The zero-order valence-electron chi connectivity index (χ0n) is 20.8. The fourth-order valence-electron chi connectivity index (χ4n) is 3.96. The molecule has 0 N–H and O–H groups in total. The van der Waals surface area contributed by atoms with E-state index in [0.29, 0.717) is 42.4 Å². The molecule has 0 radical (unpaired) electrons. The molecule has 3 rings (SSSR count). The van der Waals surface area contributed by atoms with E-state index in [-0.39, 0.29) is 6.04 Å². The van der Waals surface area contributed by atoms with Crippen LogP contribution in [-0.4, -0.2) is 43.9 Å². The number of anilines is 1. The highest BCUT2D eigenvalue weighted by atomic mass is 35.5. The molecular weight excluding hydrogens is 502 g/mol. The van der Waals surface area contributed by atoms with E-state index < -0.39 is 10.0 Å². The van der Waals surface area contributed by atoms with Gasteiger partial charge in [-0.05, 0) is 80.5 Å². The van der Waals surface area contributed by atoms with Crippen molar-refractivity contribution >= 4 is 39.4 Å². The van der Waals surface area contributed by atoms with Gasteiger partial charge < -0.3 is 4.74 Å². The molecule has 2 heterocycles. The Morgan fingerprint density at radius 3 is 2.49 bits per heavy atom. The standard InChI is InChI=1S/C26H34ClN3O3S2/c1-5-9-25(23(27)7-3)34-30(26-24(33-4)10-8-17-28-26)21-15-18-29(19-16-21)35(31,32)22-13-11-20(6-2)12-14-22/h5,8-14,17,21H,6-7,15-16,18-19H2,1-4H3/b9-5-,25-23-. The van der Waals surface area contributed by atoms with E-state index in [9.17, 15) is 8.42 Å². The van der Waals surface area contributed by atoms with Crippen LogP contribution in [-0.2, 0) is 16.4 Å². The maximum atomic E-state index is 13.3. The van der Waals surface area contributed by atoms with Crippen LogP contribution in [0.1, 0.15) is 45.6 Å². The minimum absolute atomic E-state index is 0.0549. The zero-order chi connectivity index (χ0) is 25.4. The third-order valence-corrected chi connectivity index (χ3v) is 9.74. The monoisotopic (exact) mass is 535 g/mol. The van der Waals surface area contributed by atoms with E-state index >= 15 is 0 Å². The number of nitrogens with zero attached hydrogens (tertiary/aromatic N) is 3. The zero-order valence-corrected chi connectivity index (χ0v) is 23.2. The summed E-state index contributed by atoms with van der Waals surface area (Å²) in [7, 11) is -1.91. The van der Waals surface area contributed by atoms with Crippen LogP contribution in [0.4, 0.5) is 5.82 Å². The van der Waals surface area contributed by atoms with Crippen LogP contribution in [0.15, 0.2) is 69.6 Å². The van der Waals surface area contributed by atoms with Crippen molar-refractivity contribution < 1.29 is 13.2 Å². The molecule has 6 nitrogen and oxygen atoms in total. The highest BCUT2D eigenvalue weighted by Crippen LogP contribution is 2.40. The van der Waals surface area contributed by atoms with Crippen LogP contribution in [0.2, 0.25) is 0 Å². The Bertz CT molecular complexity index is 1140. The minimum atomic E-state index is -3.54. The minimum Gasteiger partial charge on any atom is -0.493 e. The Morgan fingerprint density at radius 1 is 1.23 bits per heavy atom.